The quantitative estimate of drug-likeness (QED) is 0.643. The summed E-state index contributed by atoms with van der Waals surface area (Å²) in [5, 5.41) is 11.7. The number of amides is 1. The lowest BCUT2D eigenvalue weighted by molar-refractivity contribution is -0.132. The van der Waals surface area contributed by atoms with E-state index in [2.05, 4.69) is 6.07 Å². The van der Waals surface area contributed by atoms with Crippen molar-refractivity contribution >= 4 is 18.7 Å². The third-order valence-electron chi connectivity index (χ3n) is 8.06. The first-order valence-electron chi connectivity index (χ1n) is 12.8. The van der Waals surface area contributed by atoms with Crippen LogP contribution in [0, 0.1) is 0 Å². The number of hydrogen-bond donors (Lipinski definition) is 1. The fourth-order valence-electron chi connectivity index (χ4n) is 5.52. The second-order valence-corrected chi connectivity index (χ2v) is 11.4. The van der Waals surface area contributed by atoms with E-state index in [1.807, 2.05) is 76.2 Å². The number of hydrogen-bond acceptors (Lipinski definition) is 6. The number of carbonyl (C=O) groups is 1. The molecule has 0 spiro atoms. The van der Waals surface area contributed by atoms with Gasteiger partial charge in [0.05, 0.1) is 42.1 Å². The van der Waals surface area contributed by atoms with Crippen molar-refractivity contribution in [1.29, 1.82) is 0 Å². The molecule has 0 aliphatic carbocycles. The summed E-state index contributed by atoms with van der Waals surface area (Å²) in [6.45, 7) is 9.18. The zero-order valence-corrected chi connectivity index (χ0v) is 21.6. The van der Waals surface area contributed by atoms with Gasteiger partial charge in [0.15, 0.2) is 0 Å². The Morgan fingerprint density at radius 1 is 0.972 bits per heavy atom. The lowest BCUT2D eigenvalue weighted by Crippen LogP contribution is -2.64. The molecule has 36 heavy (non-hydrogen) atoms. The van der Waals surface area contributed by atoms with Crippen LogP contribution in [0.5, 0.6) is 0 Å². The maximum Gasteiger partial charge on any atom is 0.494 e. The lowest BCUT2D eigenvalue weighted by atomic mass is 9.75. The zero-order chi connectivity index (χ0) is 25.6. The van der Waals surface area contributed by atoms with Gasteiger partial charge < -0.3 is 23.9 Å². The van der Waals surface area contributed by atoms with Gasteiger partial charge in [0.25, 0.3) is 0 Å². The van der Waals surface area contributed by atoms with E-state index in [1.165, 1.54) is 0 Å². The molecule has 2 atom stereocenters. The number of benzene rings is 2. The van der Waals surface area contributed by atoms with Gasteiger partial charge in [-0.2, -0.15) is 0 Å². The SMILES string of the molecule is CC1(C)OB(c2cccc(CC3(O)CC4COCC(C3)N4C(=O)OCc3ccccc3)c2)OC1(C)C. The van der Waals surface area contributed by atoms with Gasteiger partial charge in [-0.25, -0.2) is 4.79 Å². The van der Waals surface area contributed by atoms with Crippen LogP contribution in [0.25, 0.3) is 0 Å². The van der Waals surface area contributed by atoms with E-state index in [-0.39, 0.29) is 24.8 Å². The van der Waals surface area contributed by atoms with Crippen molar-refractivity contribution < 1.29 is 28.7 Å². The number of rotatable bonds is 5. The Labute approximate surface area is 213 Å². The molecule has 2 aromatic rings. The predicted molar refractivity (Wildman–Crippen MR) is 137 cm³/mol. The molecule has 1 amide bonds. The van der Waals surface area contributed by atoms with Gasteiger partial charge in [0.2, 0.25) is 0 Å². The highest BCUT2D eigenvalue weighted by Gasteiger charge is 2.52. The number of fused-ring (bicyclic) bond motifs is 2. The topological polar surface area (TPSA) is 77.5 Å². The number of aliphatic hydroxyl groups is 1. The first-order valence-corrected chi connectivity index (χ1v) is 12.8. The van der Waals surface area contributed by atoms with Gasteiger partial charge in [0.1, 0.15) is 6.61 Å². The first kappa shape index (κ1) is 25.3. The maximum absolute atomic E-state index is 13.0. The van der Waals surface area contributed by atoms with Crippen LogP contribution in [0.4, 0.5) is 4.79 Å². The zero-order valence-electron chi connectivity index (χ0n) is 21.6. The lowest BCUT2D eigenvalue weighted by Gasteiger charge is -2.51. The van der Waals surface area contributed by atoms with Crippen LogP contribution >= 0.6 is 0 Å². The molecule has 5 rings (SSSR count). The predicted octanol–water partition coefficient (Wildman–Crippen LogP) is 3.46. The summed E-state index contributed by atoms with van der Waals surface area (Å²) in [5.74, 6) is 0. The first-order chi connectivity index (χ1) is 17.1. The number of piperidine rings is 1. The van der Waals surface area contributed by atoms with Gasteiger partial charge >= 0.3 is 13.2 Å². The fraction of sp³-hybridized carbons (Fsp3) is 0.536. The number of carbonyl (C=O) groups excluding carboxylic acids is 1. The van der Waals surface area contributed by atoms with Crippen LogP contribution in [0.15, 0.2) is 54.6 Å². The molecular formula is C28H36BNO6. The van der Waals surface area contributed by atoms with E-state index in [1.54, 1.807) is 4.90 Å². The van der Waals surface area contributed by atoms with Gasteiger partial charge in [0, 0.05) is 6.42 Å². The molecule has 3 saturated heterocycles. The van der Waals surface area contributed by atoms with Gasteiger partial charge in [-0.1, -0.05) is 54.6 Å². The molecule has 7 nitrogen and oxygen atoms in total. The fourth-order valence-corrected chi connectivity index (χ4v) is 5.52. The smallest absolute Gasteiger partial charge is 0.445 e. The van der Waals surface area contributed by atoms with Crippen molar-refractivity contribution in [3.63, 3.8) is 0 Å². The molecule has 8 heteroatoms. The van der Waals surface area contributed by atoms with Crippen LogP contribution in [-0.4, -0.2) is 65.3 Å². The molecule has 3 aliphatic rings. The average molecular weight is 493 g/mol. The standard InChI is InChI=1S/C28H36BNO6/c1-26(2)27(3,4)36-29(35-26)22-12-8-11-21(13-22)14-28(32)15-23-18-33-19-24(16-28)30(23)25(31)34-17-20-9-6-5-7-10-20/h5-13,23-24,32H,14-19H2,1-4H3. The van der Waals surface area contributed by atoms with Crippen molar-refractivity contribution in [2.45, 2.75) is 82.5 Å². The third-order valence-corrected chi connectivity index (χ3v) is 8.06. The second kappa shape index (κ2) is 9.49. The molecule has 1 N–H and O–H groups in total. The van der Waals surface area contributed by atoms with Crippen LogP contribution in [0.3, 0.4) is 0 Å². The summed E-state index contributed by atoms with van der Waals surface area (Å²) in [4.78, 5) is 14.8. The van der Waals surface area contributed by atoms with E-state index < -0.39 is 23.9 Å². The molecule has 0 radical (unpaired) electrons. The van der Waals surface area contributed by atoms with E-state index in [0.717, 1.165) is 16.6 Å². The van der Waals surface area contributed by atoms with E-state index in [9.17, 15) is 9.90 Å². The average Bonchev–Trinajstić information content (AvgIpc) is 3.04. The molecule has 3 aliphatic heterocycles. The van der Waals surface area contributed by atoms with Crippen molar-refractivity contribution in [1.82, 2.24) is 4.90 Å². The van der Waals surface area contributed by atoms with Crippen LogP contribution in [-0.2, 0) is 31.8 Å². The van der Waals surface area contributed by atoms with Gasteiger partial charge in [-0.15, -0.1) is 0 Å². The summed E-state index contributed by atoms with van der Waals surface area (Å²) in [6, 6.07) is 17.3. The number of morpholine rings is 1. The highest BCUT2D eigenvalue weighted by Crippen LogP contribution is 2.38. The molecule has 3 heterocycles. The Morgan fingerprint density at radius 2 is 1.58 bits per heavy atom. The monoisotopic (exact) mass is 493 g/mol. The molecule has 2 bridgehead atoms. The Morgan fingerprint density at radius 3 is 2.22 bits per heavy atom. The third kappa shape index (κ3) is 5.05. The van der Waals surface area contributed by atoms with Crippen LogP contribution in [0.1, 0.15) is 51.7 Å². The summed E-state index contributed by atoms with van der Waals surface area (Å²) < 4.78 is 23.8. The summed E-state index contributed by atoms with van der Waals surface area (Å²) in [7, 11) is -0.446. The summed E-state index contributed by atoms with van der Waals surface area (Å²) in [5.41, 5.74) is 1.15. The van der Waals surface area contributed by atoms with Gasteiger partial charge in [-0.05, 0) is 57.1 Å². The Kier molecular flexibility index (Phi) is 6.66. The Bertz CT molecular complexity index is 1060. The van der Waals surface area contributed by atoms with E-state index in [0.29, 0.717) is 32.5 Å². The normalized spacial score (nSPS) is 28.7. The minimum atomic E-state index is -0.941. The van der Waals surface area contributed by atoms with E-state index >= 15 is 0 Å². The molecule has 2 aromatic carbocycles. The molecule has 2 unspecified atom stereocenters. The van der Waals surface area contributed by atoms with Crippen molar-refractivity contribution in [2.24, 2.45) is 0 Å². The van der Waals surface area contributed by atoms with E-state index in [4.69, 9.17) is 18.8 Å². The summed E-state index contributed by atoms with van der Waals surface area (Å²) in [6.07, 6.45) is 1.01. The van der Waals surface area contributed by atoms with Crippen LogP contribution in [0.2, 0.25) is 0 Å². The largest absolute Gasteiger partial charge is 0.494 e. The highest BCUT2D eigenvalue weighted by molar-refractivity contribution is 6.62. The number of nitrogens with zero attached hydrogens (tertiary/aromatic N) is 1. The molecule has 192 valence electrons. The minimum Gasteiger partial charge on any atom is -0.445 e. The molecule has 0 saturated carbocycles. The van der Waals surface area contributed by atoms with Crippen LogP contribution < -0.4 is 5.46 Å². The molecular weight excluding hydrogens is 457 g/mol. The van der Waals surface area contributed by atoms with Gasteiger partial charge in [-0.3, -0.25) is 4.90 Å². The molecule has 3 fully saturated rings. The second-order valence-electron chi connectivity index (χ2n) is 11.4. The van der Waals surface area contributed by atoms with Crippen molar-refractivity contribution in [3.8, 4) is 0 Å². The van der Waals surface area contributed by atoms with Crippen molar-refractivity contribution in [3.05, 3.63) is 65.7 Å². The number of ether oxygens (including phenoxy) is 2. The van der Waals surface area contributed by atoms with Crippen molar-refractivity contribution in [2.75, 3.05) is 13.2 Å². The maximum atomic E-state index is 13.0. The highest BCUT2D eigenvalue weighted by atomic mass is 16.7. The Balaban J connectivity index is 1.26. The molecule has 0 aromatic heterocycles. The summed E-state index contributed by atoms with van der Waals surface area (Å²) >= 11 is 0. The Hall–Kier alpha value is -2.39. The minimum absolute atomic E-state index is 0.225.